The number of carbonyl (C=O) groups excluding carboxylic acids is 1. The largest absolute Gasteiger partial charge is 0.507 e. The van der Waals surface area contributed by atoms with Gasteiger partial charge in [-0.05, 0) is 43.3 Å². The summed E-state index contributed by atoms with van der Waals surface area (Å²) in [5.41, 5.74) is 1.72. The van der Waals surface area contributed by atoms with E-state index in [1.165, 1.54) is 18.2 Å². The zero-order chi connectivity index (χ0) is 21.4. The van der Waals surface area contributed by atoms with Gasteiger partial charge in [0.1, 0.15) is 17.3 Å². The molecule has 4 rings (SSSR count). The van der Waals surface area contributed by atoms with Crippen LogP contribution < -0.4 is 4.74 Å². The molecule has 1 N–H and O–H groups in total. The second kappa shape index (κ2) is 8.38. The van der Waals surface area contributed by atoms with Gasteiger partial charge in [-0.15, -0.1) is 0 Å². The third kappa shape index (κ3) is 3.83. The number of ketones is 1. The quantitative estimate of drug-likeness (QED) is 0.735. The normalized spacial score (nSPS) is 18.7. The van der Waals surface area contributed by atoms with Crippen LogP contribution in [0.25, 0.3) is 6.08 Å². The van der Waals surface area contributed by atoms with Crippen LogP contribution in [-0.4, -0.2) is 53.4 Å². The Morgan fingerprint density at radius 2 is 1.93 bits per heavy atom. The number of rotatable bonds is 4. The zero-order valence-corrected chi connectivity index (χ0v) is 17.8. The highest BCUT2D eigenvalue weighted by atomic mass is 35.5. The maximum absolute atomic E-state index is 14.2. The number of halogens is 2. The predicted molar refractivity (Wildman–Crippen MR) is 115 cm³/mol. The monoisotopic (exact) mass is 430 g/mol. The van der Waals surface area contributed by atoms with Crippen LogP contribution in [0.15, 0.2) is 30.0 Å². The van der Waals surface area contributed by atoms with E-state index in [9.17, 15) is 14.3 Å². The molecule has 2 aliphatic rings. The number of phenolic OH excluding ortho intramolecular Hbond substituents is 1. The molecule has 7 heteroatoms. The molecule has 2 heterocycles. The lowest BCUT2D eigenvalue weighted by molar-refractivity contribution is 0.101. The van der Waals surface area contributed by atoms with Gasteiger partial charge in [-0.1, -0.05) is 24.6 Å². The Morgan fingerprint density at radius 3 is 2.60 bits per heavy atom. The van der Waals surface area contributed by atoms with E-state index in [-0.39, 0.29) is 27.9 Å². The van der Waals surface area contributed by atoms with E-state index in [1.54, 1.807) is 19.1 Å². The van der Waals surface area contributed by atoms with Crippen molar-refractivity contribution >= 4 is 23.5 Å². The minimum atomic E-state index is -0.532. The van der Waals surface area contributed by atoms with Gasteiger partial charge in [-0.2, -0.15) is 0 Å². The molecule has 2 aliphatic heterocycles. The van der Waals surface area contributed by atoms with E-state index in [0.717, 1.165) is 32.7 Å². The van der Waals surface area contributed by atoms with E-state index in [0.29, 0.717) is 29.0 Å². The van der Waals surface area contributed by atoms with Crippen molar-refractivity contribution in [3.05, 3.63) is 63.1 Å². The Morgan fingerprint density at radius 1 is 1.23 bits per heavy atom. The maximum atomic E-state index is 14.2. The number of ether oxygens (including phenoxy) is 1. The molecule has 1 saturated heterocycles. The molecule has 0 radical (unpaired) electrons. The summed E-state index contributed by atoms with van der Waals surface area (Å²) in [5, 5.41) is 10.8. The zero-order valence-electron chi connectivity index (χ0n) is 17.0. The van der Waals surface area contributed by atoms with Crippen molar-refractivity contribution in [3.63, 3.8) is 0 Å². The summed E-state index contributed by atoms with van der Waals surface area (Å²) in [5.74, 6) is -0.408. The average molecular weight is 431 g/mol. The van der Waals surface area contributed by atoms with Gasteiger partial charge in [0.05, 0.1) is 16.1 Å². The van der Waals surface area contributed by atoms with Crippen LogP contribution in [0.5, 0.6) is 11.5 Å². The number of carbonyl (C=O) groups is 1. The molecule has 2 aromatic rings. The van der Waals surface area contributed by atoms with Gasteiger partial charge in [0, 0.05) is 38.3 Å². The van der Waals surface area contributed by atoms with Crippen LogP contribution in [0.3, 0.4) is 0 Å². The first-order valence-corrected chi connectivity index (χ1v) is 10.4. The Hall–Kier alpha value is -2.41. The molecule has 0 aromatic heterocycles. The molecule has 30 heavy (non-hydrogen) atoms. The summed E-state index contributed by atoms with van der Waals surface area (Å²) in [7, 11) is 0. The molecule has 0 aliphatic carbocycles. The molecule has 2 aromatic carbocycles. The standard InChI is InChI=1S/C23H24ClFN2O3/c1-3-26-7-9-27(10-8-26)13-16-19(28)11-14(2)21-22(29)20(30-23(16)21)12-15-17(24)5-4-6-18(15)25/h4-6,11-12,28H,3,7-10,13H2,1-2H3/b20-12-. The average Bonchev–Trinajstić information content (AvgIpc) is 3.05. The van der Waals surface area contributed by atoms with Gasteiger partial charge < -0.3 is 14.7 Å². The van der Waals surface area contributed by atoms with Crippen LogP contribution in [-0.2, 0) is 6.54 Å². The van der Waals surface area contributed by atoms with Gasteiger partial charge in [-0.3, -0.25) is 9.69 Å². The number of benzene rings is 2. The number of phenols is 1. The first-order valence-electron chi connectivity index (χ1n) is 10.1. The highest BCUT2D eigenvalue weighted by molar-refractivity contribution is 6.32. The lowest BCUT2D eigenvalue weighted by Crippen LogP contribution is -2.45. The molecule has 158 valence electrons. The number of piperazine rings is 1. The third-order valence-corrected chi connectivity index (χ3v) is 6.12. The lowest BCUT2D eigenvalue weighted by atomic mass is 9.99. The van der Waals surface area contributed by atoms with Crippen LogP contribution in [0.1, 0.15) is 34.0 Å². The molecule has 0 atom stereocenters. The number of allylic oxidation sites excluding steroid dienone is 1. The number of hydrogen-bond acceptors (Lipinski definition) is 5. The number of aromatic hydroxyl groups is 1. The Bertz CT molecular complexity index is 1010. The highest BCUT2D eigenvalue weighted by Gasteiger charge is 2.34. The van der Waals surface area contributed by atoms with Crippen molar-refractivity contribution in [3.8, 4) is 11.5 Å². The van der Waals surface area contributed by atoms with Gasteiger partial charge >= 0.3 is 0 Å². The molecule has 0 unspecified atom stereocenters. The topological polar surface area (TPSA) is 53.0 Å². The first-order chi connectivity index (χ1) is 14.4. The number of fused-ring (bicyclic) bond motifs is 1. The summed E-state index contributed by atoms with van der Waals surface area (Å²) < 4.78 is 20.1. The summed E-state index contributed by atoms with van der Waals surface area (Å²) in [4.78, 5) is 17.6. The summed E-state index contributed by atoms with van der Waals surface area (Å²) >= 11 is 6.11. The van der Waals surface area contributed by atoms with Crippen LogP contribution >= 0.6 is 11.6 Å². The second-order valence-corrected chi connectivity index (χ2v) is 8.09. The smallest absolute Gasteiger partial charge is 0.232 e. The van der Waals surface area contributed by atoms with Crippen LogP contribution in [0, 0.1) is 12.7 Å². The van der Waals surface area contributed by atoms with E-state index in [2.05, 4.69) is 16.7 Å². The van der Waals surface area contributed by atoms with Gasteiger partial charge in [-0.25, -0.2) is 4.39 Å². The Kier molecular flexibility index (Phi) is 5.82. The van der Waals surface area contributed by atoms with Crippen molar-refractivity contribution in [1.29, 1.82) is 0 Å². The van der Waals surface area contributed by atoms with Gasteiger partial charge in [0.15, 0.2) is 5.76 Å². The fourth-order valence-corrected chi connectivity index (χ4v) is 4.22. The Labute approximate surface area is 180 Å². The van der Waals surface area contributed by atoms with E-state index >= 15 is 0 Å². The van der Waals surface area contributed by atoms with E-state index in [1.807, 2.05) is 0 Å². The lowest BCUT2D eigenvalue weighted by Gasteiger charge is -2.34. The molecule has 1 fully saturated rings. The molecule has 0 spiro atoms. The second-order valence-electron chi connectivity index (χ2n) is 7.68. The van der Waals surface area contributed by atoms with E-state index < -0.39 is 5.82 Å². The number of aryl methyl sites for hydroxylation is 1. The summed E-state index contributed by atoms with van der Waals surface area (Å²) in [6.07, 6.45) is 1.33. The fraction of sp³-hybridized carbons (Fsp3) is 0.348. The molecule has 5 nitrogen and oxygen atoms in total. The maximum Gasteiger partial charge on any atom is 0.232 e. The number of Topliss-reactive ketones (excluding diaryl/α,β-unsaturated/α-hetero) is 1. The van der Waals surface area contributed by atoms with Crippen LogP contribution in [0.4, 0.5) is 4.39 Å². The van der Waals surface area contributed by atoms with Gasteiger partial charge in [0.2, 0.25) is 5.78 Å². The highest BCUT2D eigenvalue weighted by Crippen LogP contribution is 2.42. The third-order valence-electron chi connectivity index (χ3n) is 5.79. The fourth-order valence-electron chi connectivity index (χ4n) is 4.00. The Balaban J connectivity index is 1.67. The van der Waals surface area contributed by atoms with E-state index in [4.69, 9.17) is 16.3 Å². The number of likely N-dealkylation sites (N-methyl/N-ethyl adjacent to an activating group) is 1. The minimum Gasteiger partial charge on any atom is -0.507 e. The SMILES string of the molecule is CCN1CCN(Cc2c(O)cc(C)c3c2O/C(=C\c2c(F)cccc2Cl)C3=O)CC1. The van der Waals surface area contributed by atoms with Crippen molar-refractivity contribution in [2.75, 3.05) is 32.7 Å². The summed E-state index contributed by atoms with van der Waals surface area (Å²) in [6.45, 7) is 9.06. The number of nitrogens with zero attached hydrogens (tertiary/aromatic N) is 2. The minimum absolute atomic E-state index is 0.00255. The van der Waals surface area contributed by atoms with Crippen molar-refractivity contribution in [2.45, 2.75) is 20.4 Å². The molecule has 0 bridgehead atoms. The number of hydrogen-bond donors (Lipinski definition) is 1. The molecular formula is C23H24ClFN2O3. The predicted octanol–water partition coefficient (Wildman–Crippen LogP) is 4.25. The summed E-state index contributed by atoms with van der Waals surface area (Å²) in [6, 6.07) is 5.94. The van der Waals surface area contributed by atoms with Crippen molar-refractivity contribution < 1.29 is 19.0 Å². The van der Waals surface area contributed by atoms with Crippen molar-refractivity contribution in [2.24, 2.45) is 0 Å². The first kappa shape index (κ1) is 20.8. The van der Waals surface area contributed by atoms with Gasteiger partial charge in [0.25, 0.3) is 0 Å². The van der Waals surface area contributed by atoms with Crippen LogP contribution in [0.2, 0.25) is 5.02 Å². The molecule has 0 amide bonds. The van der Waals surface area contributed by atoms with Crippen molar-refractivity contribution in [1.82, 2.24) is 9.80 Å². The molecule has 0 saturated carbocycles. The molecular weight excluding hydrogens is 407 g/mol.